The standard InChI is InChI=1S/C15H18BrN5/c16-11-2-1-3-12(8-11)21-10-14(18-19-21)15-5-4-13-9-17-6-7-20(13)15/h1-3,8,10,13,15,17H,4-7,9H2/t13-,15+/m0/s1. The smallest absolute Gasteiger partial charge is 0.100 e. The lowest BCUT2D eigenvalue weighted by Crippen LogP contribution is -2.48. The number of rotatable bonds is 2. The van der Waals surface area contributed by atoms with Crippen LogP contribution in [0.15, 0.2) is 34.9 Å². The van der Waals surface area contributed by atoms with Gasteiger partial charge in [0.15, 0.2) is 0 Å². The Morgan fingerprint density at radius 2 is 2.24 bits per heavy atom. The Morgan fingerprint density at radius 1 is 1.29 bits per heavy atom. The molecule has 4 rings (SSSR count). The predicted molar refractivity (Wildman–Crippen MR) is 84.4 cm³/mol. The number of hydrogen-bond donors (Lipinski definition) is 1. The minimum absolute atomic E-state index is 0.429. The summed E-state index contributed by atoms with van der Waals surface area (Å²) in [5.41, 5.74) is 2.14. The van der Waals surface area contributed by atoms with Crippen molar-refractivity contribution in [2.24, 2.45) is 0 Å². The molecule has 2 aromatic rings. The zero-order valence-corrected chi connectivity index (χ0v) is 13.3. The Bertz CT molecular complexity index is 640. The molecule has 0 saturated carbocycles. The number of nitrogens with zero attached hydrogens (tertiary/aromatic N) is 4. The van der Waals surface area contributed by atoms with Crippen molar-refractivity contribution in [3.63, 3.8) is 0 Å². The van der Waals surface area contributed by atoms with Crippen molar-refractivity contribution in [2.45, 2.75) is 24.9 Å². The van der Waals surface area contributed by atoms with Gasteiger partial charge in [-0.3, -0.25) is 4.90 Å². The van der Waals surface area contributed by atoms with E-state index in [0.29, 0.717) is 12.1 Å². The van der Waals surface area contributed by atoms with Gasteiger partial charge in [-0.2, -0.15) is 0 Å². The molecule has 0 amide bonds. The number of halogens is 1. The van der Waals surface area contributed by atoms with Crippen molar-refractivity contribution in [3.05, 3.63) is 40.6 Å². The van der Waals surface area contributed by atoms with Gasteiger partial charge in [0.1, 0.15) is 5.69 Å². The zero-order valence-electron chi connectivity index (χ0n) is 11.7. The van der Waals surface area contributed by atoms with Crippen molar-refractivity contribution in [1.82, 2.24) is 25.2 Å². The van der Waals surface area contributed by atoms with E-state index in [9.17, 15) is 0 Å². The largest absolute Gasteiger partial charge is 0.314 e. The molecule has 0 unspecified atom stereocenters. The Kier molecular flexibility index (Phi) is 3.52. The van der Waals surface area contributed by atoms with Gasteiger partial charge in [0, 0.05) is 30.1 Å². The van der Waals surface area contributed by atoms with E-state index in [4.69, 9.17) is 0 Å². The number of fused-ring (bicyclic) bond motifs is 1. The molecule has 0 spiro atoms. The van der Waals surface area contributed by atoms with Gasteiger partial charge in [-0.05, 0) is 31.0 Å². The van der Waals surface area contributed by atoms with E-state index < -0.39 is 0 Å². The van der Waals surface area contributed by atoms with E-state index in [1.807, 2.05) is 22.9 Å². The molecule has 2 saturated heterocycles. The van der Waals surface area contributed by atoms with Crippen LogP contribution >= 0.6 is 15.9 Å². The highest BCUT2D eigenvalue weighted by Gasteiger charge is 2.37. The summed E-state index contributed by atoms with van der Waals surface area (Å²) in [4.78, 5) is 2.59. The lowest BCUT2D eigenvalue weighted by Gasteiger charge is -2.33. The molecule has 0 radical (unpaired) electrons. The Hall–Kier alpha value is -1.24. The Labute approximate surface area is 132 Å². The van der Waals surface area contributed by atoms with Crippen molar-refractivity contribution >= 4 is 15.9 Å². The summed E-state index contributed by atoms with van der Waals surface area (Å²) in [6.07, 6.45) is 4.52. The van der Waals surface area contributed by atoms with E-state index in [2.05, 4.69) is 48.7 Å². The summed E-state index contributed by atoms with van der Waals surface area (Å²) in [5, 5.41) is 12.2. The molecule has 110 valence electrons. The van der Waals surface area contributed by atoms with Crippen LogP contribution in [-0.4, -0.2) is 45.6 Å². The molecular weight excluding hydrogens is 330 g/mol. The molecular formula is C15H18BrN5. The van der Waals surface area contributed by atoms with E-state index >= 15 is 0 Å². The van der Waals surface area contributed by atoms with Gasteiger partial charge in [0.05, 0.1) is 17.9 Å². The Morgan fingerprint density at radius 3 is 3.14 bits per heavy atom. The molecule has 6 heteroatoms. The lowest BCUT2D eigenvalue weighted by atomic mass is 10.1. The van der Waals surface area contributed by atoms with Gasteiger partial charge >= 0.3 is 0 Å². The predicted octanol–water partition coefficient (Wildman–Crippen LogP) is 2.14. The van der Waals surface area contributed by atoms with Gasteiger partial charge in [0.2, 0.25) is 0 Å². The maximum atomic E-state index is 4.43. The van der Waals surface area contributed by atoms with Crippen molar-refractivity contribution < 1.29 is 0 Å². The third kappa shape index (κ3) is 2.52. The summed E-state index contributed by atoms with van der Waals surface area (Å²) in [6.45, 7) is 3.29. The van der Waals surface area contributed by atoms with E-state index in [0.717, 1.165) is 35.5 Å². The van der Waals surface area contributed by atoms with Gasteiger partial charge in [0.25, 0.3) is 0 Å². The molecule has 1 aromatic heterocycles. The van der Waals surface area contributed by atoms with Crippen molar-refractivity contribution in [1.29, 1.82) is 0 Å². The second-order valence-corrected chi connectivity index (χ2v) is 6.67. The summed E-state index contributed by atoms with van der Waals surface area (Å²) in [5.74, 6) is 0. The monoisotopic (exact) mass is 347 g/mol. The molecule has 21 heavy (non-hydrogen) atoms. The van der Waals surface area contributed by atoms with E-state index in [-0.39, 0.29) is 0 Å². The molecule has 2 aliphatic rings. The van der Waals surface area contributed by atoms with E-state index in [1.54, 1.807) is 0 Å². The van der Waals surface area contributed by atoms with Gasteiger partial charge in [-0.1, -0.05) is 27.2 Å². The minimum atomic E-state index is 0.429. The molecule has 1 aromatic carbocycles. The number of benzene rings is 1. The first-order chi connectivity index (χ1) is 10.3. The molecule has 1 N–H and O–H groups in total. The van der Waals surface area contributed by atoms with Crippen molar-refractivity contribution in [2.75, 3.05) is 19.6 Å². The molecule has 3 heterocycles. The highest BCUT2D eigenvalue weighted by atomic mass is 79.9. The van der Waals surface area contributed by atoms with Crippen LogP contribution < -0.4 is 5.32 Å². The first-order valence-electron chi connectivity index (χ1n) is 7.46. The molecule has 0 aliphatic carbocycles. The summed E-state index contributed by atoms with van der Waals surface area (Å²) in [7, 11) is 0. The van der Waals surface area contributed by atoms with Gasteiger partial charge < -0.3 is 5.32 Å². The highest BCUT2D eigenvalue weighted by molar-refractivity contribution is 9.10. The third-order valence-electron chi connectivity index (χ3n) is 4.49. The number of hydrogen-bond acceptors (Lipinski definition) is 4. The molecule has 2 fully saturated rings. The van der Waals surface area contributed by atoms with Crippen LogP contribution in [0.25, 0.3) is 5.69 Å². The average molecular weight is 348 g/mol. The SMILES string of the molecule is Brc1cccc(-n2cc([C@H]3CC[C@H]4CNCCN43)nn2)c1. The maximum absolute atomic E-state index is 4.43. The van der Waals surface area contributed by atoms with Crippen LogP contribution in [0.1, 0.15) is 24.6 Å². The maximum Gasteiger partial charge on any atom is 0.100 e. The normalized spacial score (nSPS) is 26.0. The number of piperazine rings is 1. The minimum Gasteiger partial charge on any atom is -0.314 e. The average Bonchev–Trinajstić information content (AvgIpc) is 3.14. The number of aromatic nitrogens is 3. The summed E-state index contributed by atoms with van der Waals surface area (Å²) < 4.78 is 2.93. The van der Waals surface area contributed by atoms with Crippen LogP contribution in [0.2, 0.25) is 0 Å². The fourth-order valence-corrected chi connectivity index (χ4v) is 3.85. The fourth-order valence-electron chi connectivity index (χ4n) is 3.46. The quantitative estimate of drug-likeness (QED) is 0.903. The second kappa shape index (κ2) is 5.51. The van der Waals surface area contributed by atoms with Crippen molar-refractivity contribution in [3.8, 4) is 5.69 Å². The van der Waals surface area contributed by atoms with Crippen LogP contribution in [0, 0.1) is 0 Å². The first-order valence-corrected chi connectivity index (χ1v) is 8.25. The Balaban J connectivity index is 1.60. The second-order valence-electron chi connectivity index (χ2n) is 5.76. The van der Waals surface area contributed by atoms with Crippen LogP contribution in [0.5, 0.6) is 0 Å². The first kappa shape index (κ1) is 13.4. The third-order valence-corrected chi connectivity index (χ3v) is 4.99. The number of nitrogens with one attached hydrogen (secondary N) is 1. The molecule has 0 bridgehead atoms. The zero-order chi connectivity index (χ0) is 14.2. The lowest BCUT2D eigenvalue weighted by molar-refractivity contribution is 0.159. The topological polar surface area (TPSA) is 46.0 Å². The van der Waals surface area contributed by atoms with E-state index in [1.165, 1.54) is 12.8 Å². The highest BCUT2D eigenvalue weighted by Crippen LogP contribution is 2.35. The van der Waals surface area contributed by atoms with Gasteiger partial charge in [-0.25, -0.2) is 4.68 Å². The summed E-state index contributed by atoms with van der Waals surface area (Å²) >= 11 is 3.50. The fraction of sp³-hybridized carbons (Fsp3) is 0.467. The molecule has 2 aliphatic heterocycles. The van der Waals surface area contributed by atoms with Crippen LogP contribution in [-0.2, 0) is 0 Å². The summed E-state index contributed by atoms with van der Waals surface area (Å²) in [6, 6.07) is 9.23. The van der Waals surface area contributed by atoms with Gasteiger partial charge in [-0.15, -0.1) is 5.10 Å². The van der Waals surface area contributed by atoms with Crippen LogP contribution in [0.4, 0.5) is 0 Å². The molecule has 2 atom stereocenters. The molecule has 5 nitrogen and oxygen atoms in total. The van der Waals surface area contributed by atoms with Crippen LogP contribution in [0.3, 0.4) is 0 Å².